The van der Waals surface area contributed by atoms with Gasteiger partial charge in [0, 0.05) is 11.6 Å². The number of hydrogen-bond donors (Lipinski definition) is 1. The van der Waals surface area contributed by atoms with Crippen LogP contribution in [0.25, 0.3) is 0 Å². The van der Waals surface area contributed by atoms with Crippen molar-refractivity contribution in [1.29, 1.82) is 0 Å². The van der Waals surface area contributed by atoms with Crippen molar-refractivity contribution >= 4 is 0 Å². The first-order chi connectivity index (χ1) is 7.15. The van der Waals surface area contributed by atoms with Gasteiger partial charge in [0.05, 0.1) is 0 Å². The average Bonchev–Trinajstić information content (AvgIpc) is 2.18. The first-order valence-electron chi connectivity index (χ1n) is 5.03. The van der Waals surface area contributed by atoms with E-state index in [0.717, 1.165) is 11.3 Å². The van der Waals surface area contributed by atoms with E-state index < -0.39 is 0 Å². The Hall–Kier alpha value is -1.46. The van der Waals surface area contributed by atoms with E-state index in [0.29, 0.717) is 6.61 Å². The van der Waals surface area contributed by atoms with Crippen molar-refractivity contribution in [2.24, 2.45) is 5.73 Å². The molecule has 0 aliphatic heterocycles. The second-order valence-corrected chi connectivity index (χ2v) is 3.55. The highest BCUT2D eigenvalue weighted by Crippen LogP contribution is 2.24. The molecule has 1 aromatic carbocycles. The fourth-order valence-electron chi connectivity index (χ4n) is 1.33. The molecule has 0 fully saturated rings. The Labute approximate surface area is 91.4 Å². The van der Waals surface area contributed by atoms with E-state index >= 15 is 0 Å². The summed E-state index contributed by atoms with van der Waals surface area (Å²) < 4.78 is 5.57. The molecule has 1 unspecified atom stereocenters. The predicted octanol–water partition coefficient (Wildman–Crippen LogP) is 2.42. The van der Waals surface area contributed by atoms with Gasteiger partial charge >= 0.3 is 0 Å². The van der Waals surface area contributed by atoms with Crippen molar-refractivity contribution in [2.45, 2.75) is 26.8 Å². The van der Waals surface area contributed by atoms with Gasteiger partial charge in [-0.15, -0.1) is 5.92 Å². The van der Waals surface area contributed by atoms with E-state index in [2.05, 4.69) is 11.8 Å². The van der Waals surface area contributed by atoms with Crippen molar-refractivity contribution in [3.8, 4) is 17.6 Å². The monoisotopic (exact) mass is 203 g/mol. The van der Waals surface area contributed by atoms with Gasteiger partial charge in [-0.25, -0.2) is 0 Å². The Kier molecular flexibility index (Phi) is 4.20. The van der Waals surface area contributed by atoms with E-state index in [4.69, 9.17) is 10.5 Å². The standard InChI is InChI=1S/C13H17NO/c1-4-5-8-15-13-9-10(2)6-7-12(13)11(3)14/h6-7,9,11H,8,14H2,1-3H3. The normalized spacial score (nSPS) is 11.5. The van der Waals surface area contributed by atoms with Crippen molar-refractivity contribution in [1.82, 2.24) is 0 Å². The summed E-state index contributed by atoms with van der Waals surface area (Å²) in [6.45, 7) is 6.19. The number of benzene rings is 1. The maximum atomic E-state index is 5.85. The van der Waals surface area contributed by atoms with Gasteiger partial charge in [0.25, 0.3) is 0 Å². The molecular weight excluding hydrogens is 186 g/mol. The zero-order valence-corrected chi connectivity index (χ0v) is 9.50. The van der Waals surface area contributed by atoms with Gasteiger partial charge in [-0.05, 0) is 32.4 Å². The molecule has 0 aromatic heterocycles. The minimum Gasteiger partial charge on any atom is -0.481 e. The Morgan fingerprint density at radius 1 is 1.47 bits per heavy atom. The quantitative estimate of drug-likeness (QED) is 0.766. The van der Waals surface area contributed by atoms with E-state index in [-0.39, 0.29) is 6.04 Å². The summed E-state index contributed by atoms with van der Waals surface area (Å²) in [5, 5.41) is 0. The summed E-state index contributed by atoms with van der Waals surface area (Å²) in [5.74, 6) is 6.50. The molecule has 1 rings (SSSR count). The Balaban J connectivity index is 2.90. The molecule has 2 nitrogen and oxygen atoms in total. The van der Waals surface area contributed by atoms with Gasteiger partial charge in [-0.3, -0.25) is 0 Å². The van der Waals surface area contributed by atoms with E-state index in [9.17, 15) is 0 Å². The zero-order valence-electron chi connectivity index (χ0n) is 9.50. The Morgan fingerprint density at radius 2 is 2.20 bits per heavy atom. The highest BCUT2D eigenvalue weighted by Gasteiger charge is 2.07. The fourth-order valence-corrected chi connectivity index (χ4v) is 1.33. The molecule has 0 heterocycles. The lowest BCUT2D eigenvalue weighted by molar-refractivity contribution is 0.363. The molecule has 1 aromatic rings. The summed E-state index contributed by atoms with van der Waals surface area (Å²) in [6, 6.07) is 6.03. The van der Waals surface area contributed by atoms with Crippen LogP contribution in [-0.4, -0.2) is 6.61 Å². The summed E-state index contributed by atoms with van der Waals surface area (Å²) >= 11 is 0. The maximum Gasteiger partial charge on any atom is 0.149 e. The fraction of sp³-hybridized carbons (Fsp3) is 0.385. The molecule has 2 N–H and O–H groups in total. The van der Waals surface area contributed by atoms with Crippen LogP contribution >= 0.6 is 0 Å². The lowest BCUT2D eigenvalue weighted by Gasteiger charge is -2.13. The molecule has 0 spiro atoms. The van der Waals surface area contributed by atoms with Crippen LogP contribution in [0.2, 0.25) is 0 Å². The van der Waals surface area contributed by atoms with E-state index in [1.54, 1.807) is 6.92 Å². The third kappa shape index (κ3) is 3.30. The van der Waals surface area contributed by atoms with Gasteiger partial charge in [-0.2, -0.15) is 0 Å². The van der Waals surface area contributed by atoms with Gasteiger partial charge in [0.1, 0.15) is 12.4 Å². The van der Waals surface area contributed by atoms with Crippen LogP contribution in [0.3, 0.4) is 0 Å². The molecule has 80 valence electrons. The highest BCUT2D eigenvalue weighted by molar-refractivity contribution is 5.39. The molecule has 0 amide bonds. The summed E-state index contributed by atoms with van der Waals surface area (Å²) in [4.78, 5) is 0. The molecular formula is C13H17NO. The largest absolute Gasteiger partial charge is 0.481 e. The second-order valence-electron chi connectivity index (χ2n) is 3.55. The van der Waals surface area contributed by atoms with Crippen LogP contribution in [0.5, 0.6) is 5.75 Å². The SMILES string of the molecule is CC#CCOc1cc(C)ccc1C(C)N. The number of ether oxygens (including phenoxy) is 1. The molecule has 15 heavy (non-hydrogen) atoms. The maximum absolute atomic E-state index is 5.85. The third-order valence-corrected chi connectivity index (χ3v) is 2.14. The first kappa shape index (κ1) is 11.6. The molecule has 0 aliphatic carbocycles. The zero-order chi connectivity index (χ0) is 11.3. The van der Waals surface area contributed by atoms with Crippen LogP contribution < -0.4 is 10.5 Å². The smallest absolute Gasteiger partial charge is 0.149 e. The first-order valence-corrected chi connectivity index (χ1v) is 5.03. The van der Waals surface area contributed by atoms with Crippen molar-refractivity contribution in [3.63, 3.8) is 0 Å². The summed E-state index contributed by atoms with van der Waals surface area (Å²) in [7, 11) is 0. The summed E-state index contributed by atoms with van der Waals surface area (Å²) in [6.07, 6.45) is 0. The number of aryl methyl sites for hydroxylation is 1. The van der Waals surface area contributed by atoms with Gasteiger partial charge in [-0.1, -0.05) is 18.1 Å². The molecule has 0 bridgehead atoms. The van der Waals surface area contributed by atoms with E-state index in [1.807, 2.05) is 32.0 Å². The van der Waals surface area contributed by atoms with E-state index in [1.165, 1.54) is 5.56 Å². The molecule has 0 aliphatic rings. The van der Waals surface area contributed by atoms with Crippen LogP contribution in [0.1, 0.15) is 31.0 Å². The topological polar surface area (TPSA) is 35.2 Å². The van der Waals surface area contributed by atoms with Crippen molar-refractivity contribution in [2.75, 3.05) is 6.61 Å². The Bertz CT molecular complexity index is 385. The number of nitrogens with two attached hydrogens (primary N) is 1. The average molecular weight is 203 g/mol. The van der Waals surface area contributed by atoms with Crippen molar-refractivity contribution in [3.05, 3.63) is 29.3 Å². The van der Waals surface area contributed by atoms with Crippen LogP contribution in [-0.2, 0) is 0 Å². The lowest BCUT2D eigenvalue weighted by atomic mass is 10.1. The molecule has 0 radical (unpaired) electrons. The molecule has 0 saturated carbocycles. The predicted molar refractivity (Wildman–Crippen MR) is 62.7 cm³/mol. The third-order valence-electron chi connectivity index (χ3n) is 2.14. The Morgan fingerprint density at radius 3 is 2.80 bits per heavy atom. The number of rotatable bonds is 3. The molecule has 0 saturated heterocycles. The van der Waals surface area contributed by atoms with Crippen molar-refractivity contribution < 1.29 is 4.74 Å². The van der Waals surface area contributed by atoms with Crippen LogP contribution in [0, 0.1) is 18.8 Å². The minimum atomic E-state index is -0.0183. The van der Waals surface area contributed by atoms with Gasteiger partial charge in [0.15, 0.2) is 0 Å². The lowest BCUT2D eigenvalue weighted by Crippen LogP contribution is -2.08. The van der Waals surface area contributed by atoms with Gasteiger partial charge < -0.3 is 10.5 Å². The van der Waals surface area contributed by atoms with Crippen LogP contribution in [0.15, 0.2) is 18.2 Å². The highest BCUT2D eigenvalue weighted by atomic mass is 16.5. The summed E-state index contributed by atoms with van der Waals surface area (Å²) in [5.41, 5.74) is 8.04. The number of hydrogen-bond acceptors (Lipinski definition) is 2. The van der Waals surface area contributed by atoms with Gasteiger partial charge in [0.2, 0.25) is 0 Å². The molecule has 1 atom stereocenters. The van der Waals surface area contributed by atoms with Crippen LogP contribution in [0.4, 0.5) is 0 Å². The second kappa shape index (κ2) is 5.43. The molecule has 2 heteroatoms. The minimum absolute atomic E-state index is 0.0183.